The fourth-order valence-electron chi connectivity index (χ4n) is 5.18. The molecule has 0 spiro atoms. The minimum absolute atomic E-state index is 0.0679. The van der Waals surface area contributed by atoms with Crippen molar-refractivity contribution in [2.45, 2.75) is 31.6 Å². The van der Waals surface area contributed by atoms with Crippen LogP contribution in [0, 0.1) is 19.8 Å². The van der Waals surface area contributed by atoms with Crippen molar-refractivity contribution in [3.8, 4) is 11.4 Å². The Morgan fingerprint density at radius 2 is 1.69 bits per heavy atom. The van der Waals surface area contributed by atoms with E-state index in [1.165, 1.54) is 4.31 Å². The lowest BCUT2D eigenvalue weighted by Crippen LogP contribution is -2.41. The van der Waals surface area contributed by atoms with E-state index in [1.807, 2.05) is 79.7 Å². The summed E-state index contributed by atoms with van der Waals surface area (Å²) in [6.07, 6.45) is 4.28. The summed E-state index contributed by atoms with van der Waals surface area (Å²) >= 11 is 0. The van der Waals surface area contributed by atoms with Crippen LogP contribution in [0.15, 0.2) is 82.2 Å². The molecule has 9 nitrogen and oxygen atoms in total. The topological polar surface area (TPSA) is 121 Å². The normalized spacial score (nSPS) is 15.0. The van der Waals surface area contributed by atoms with Crippen molar-refractivity contribution < 1.29 is 17.7 Å². The van der Waals surface area contributed by atoms with E-state index in [1.54, 1.807) is 19.1 Å². The number of nitrogens with one attached hydrogen (secondary N) is 2. The predicted molar refractivity (Wildman–Crippen MR) is 163 cm³/mol. The molecule has 5 aromatic rings. The van der Waals surface area contributed by atoms with Crippen molar-refractivity contribution in [2.24, 2.45) is 5.92 Å². The Morgan fingerprint density at radius 1 is 0.976 bits per heavy atom. The fraction of sp³-hybridized carbons (Fsp3) is 0.219. The van der Waals surface area contributed by atoms with E-state index in [-0.39, 0.29) is 35.6 Å². The number of H-pyrrole nitrogens is 1. The van der Waals surface area contributed by atoms with E-state index in [9.17, 15) is 13.2 Å². The number of aromatic nitrogens is 3. The largest absolute Gasteiger partial charge is 0.355 e. The van der Waals surface area contributed by atoms with Gasteiger partial charge in [0.05, 0.1) is 11.0 Å². The summed E-state index contributed by atoms with van der Waals surface area (Å²) in [5, 5.41) is 6.91. The van der Waals surface area contributed by atoms with Crippen LogP contribution in [-0.4, -0.2) is 46.8 Å². The van der Waals surface area contributed by atoms with Crippen molar-refractivity contribution >= 4 is 44.8 Å². The Balaban J connectivity index is 1.08. The minimum Gasteiger partial charge on any atom is -0.355 e. The number of hydrogen-bond donors (Lipinski definition) is 2. The van der Waals surface area contributed by atoms with Crippen LogP contribution in [0.25, 0.3) is 34.6 Å². The van der Waals surface area contributed by atoms with Crippen LogP contribution < -0.4 is 5.32 Å². The zero-order chi connectivity index (χ0) is 29.3. The predicted octanol–water partition coefficient (Wildman–Crippen LogP) is 6.04. The lowest BCUT2D eigenvalue weighted by Gasteiger charge is -2.30. The number of aromatic amines is 1. The van der Waals surface area contributed by atoms with Crippen molar-refractivity contribution in [3.05, 3.63) is 95.4 Å². The third-order valence-electron chi connectivity index (χ3n) is 7.58. The maximum atomic E-state index is 13.6. The smallest absolute Gasteiger partial charge is 0.248 e. The molecular formula is C32H31N5O4S. The third-order valence-corrected chi connectivity index (χ3v) is 9.63. The SMILES string of the molecule is Cc1ccc(/C=C/c2onc(C)c2S(=O)(=O)N2CCC(C(=O)Nc3ccc(-c4nc5ccccc5[nH]4)cc3)CC2)cc1. The molecule has 0 saturated carbocycles. The number of hydrogen-bond acceptors (Lipinski definition) is 6. The van der Waals surface area contributed by atoms with E-state index < -0.39 is 10.0 Å². The minimum atomic E-state index is -3.85. The van der Waals surface area contributed by atoms with E-state index in [2.05, 4.69) is 20.4 Å². The molecule has 0 bridgehead atoms. The van der Waals surface area contributed by atoms with Gasteiger partial charge in [0.15, 0.2) is 10.7 Å². The molecule has 42 heavy (non-hydrogen) atoms. The van der Waals surface area contributed by atoms with Crippen LogP contribution in [-0.2, 0) is 14.8 Å². The lowest BCUT2D eigenvalue weighted by molar-refractivity contribution is -0.120. The van der Waals surface area contributed by atoms with Gasteiger partial charge in [0.25, 0.3) is 0 Å². The molecule has 1 fully saturated rings. The maximum absolute atomic E-state index is 13.6. The average molecular weight is 582 g/mol. The molecule has 0 atom stereocenters. The highest BCUT2D eigenvalue weighted by Crippen LogP contribution is 2.30. The molecule has 2 N–H and O–H groups in total. The van der Waals surface area contributed by atoms with Gasteiger partial charge in [-0.1, -0.05) is 53.2 Å². The monoisotopic (exact) mass is 581 g/mol. The zero-order valence-corrected chi connectivity index (χ0v) is 24.2. The number of benzene rings is 3. The summed E-state index contributed by atoms with van der Waals surface area (Å²) in [6.45, 7) is 4.10. The van der Waals surface area contributed by atoms with Crippen molar-refractivity contribution in [2.75, 3.05) is 18.4 Å². The molecule has 6 rings (SSSR count). The molecule has 1 aliphatic heterocycles. The van der Waals surface area contributed by atoms with Gasteiger partial charge < -0.3 is 14.8 Å². The Morgan fingerprint density at radius 3 is 2.40 bits per heavy atom. The number of nitrogens with zero attached hydrogens (tertiary/aromatic N) is 3. The van der Waals surface area contributed by atoms with E-state index in [0.717, 1.165) is 33.5 Å². The van der Waals surface area contributed by atoms with Crippen LogP contribution in [0.4, 0.5) is 5.69 Å². The number of rotatable bonds is 7. The number of carbonyl (C=O) groups excluding carboxylic acids is 1. The van der Waals surface area contributed by atoms with Gasteiger partial charge in [-0.25, -0.2) is 13.4 Å². The van der Waals surface area contributed by atoms with Crippen LogP contribution in [0.2, 0.25) is 0 Å². The maximum Gasteiger partial charge on any atom is 0.248 e. The number of aryl methyl sites for hydroxylation is 2. The molecule has 3 heterocycles. The second-order valence-corrected chi connectivity index (χ2v) is 12.4. The Kier molecular flexibility index (Phi) is 7.49. The first-order valence-electron chi connectivity index (χ1n) is 13.9. The highest BCUT2D eigenvalue weighted by molar-refractivity contribution is 7.89. The first-order valence-corrected chi connectivity index (χ1v) is 15.3. The van der Waals surface area contributed by atoms with E-state index in [0.29, 0.717) is 24.2 Å². The number of para-hydroxylation sites is 2. The number of imidazole rings is 1. The fourth-order valence-corrected chi connectivity index (χ4v) is 6.90. The molecule has 1 aliphatic rings. The second-order valence-electron chi connectivity index (χ2n) is 10.6. The van der Waals surface area contributed by atoms with Crippen LogP contribution in [0.5, 0.6) is 0 Å². The van der Waals surface area contributed by atoms with Gasteiger partial charge in [0.1, 0.15) is 11.5 Å². The van der Waals surface area contributed by atoms with Crippen LogP contribution in [0.3, 0.4) is 0 Å². The number of piperidine rings is 1. The molecule has 0 unspecified atom stereocenters. The molecule has 1 saturated heterocycles. The molecule has 0 aliphatic carbocycles. The van der Waals surface area contributed by atoms with Gasteiger partial charge in [-0.05, 0) is 74.7 Å². The van der Waals surface area contributed by atoms with Crippen LogP contribution in [0.1, 0.15) is 35.4 Å². The number of carbonyl (C=O) groups is 1. The third kappa shape index (κ3) is 5.63. The molecule has 10 heteroatoms. The van der Waals surface area contributed by atoms with E-state index >= 15 is 0 Å². The number of amides is 1. The van der Waals surface area contributed by atoms with Gasteiger partial charge in [-0.3, -0.25) is 4.79 Å². The molecule has 214 valence electrons. The summed E-state index contributed by atoms with van der Waals surface area (Å²) in [5.41, 5.74) is 5.83. The first-order chi connectivity index (χ1) is 20.3. The molecule has 3 aromatic carbocycles. The summed E-state index contributed by atoms with van der Waals surface area (Å²) in [5.74, 6) is 0.543. The summed E-state index contributed by atoms with van der Waals surface area (Å²) in [4.78, 5) is 21.0. The van der Waals surface area contributed by atoms with Gasteiger partial charge in [-0.2, -0.15) is 4.31 Å². The van der Waals surface area contributed by atoms with Gasteiger partial charge in [-0.15, -0.1) is 0 Å². The van der Waals surface area contributed by atoms with E-state index in [4.69, 9.17) is 4.52 Å². The molecule has 0 radical (unpaired) electrons. The summed E-state index contributed by atoms with van der Waals surface area (Å²) < 4.78 is 34.0. The Hall–Kier alpha value is -4.54. The zero-order valence-electron chi connectivity index (χ0n) is 23.4. The van der Waals surface area contributed by atoms with Crippen LogP contribution >= 0.6 is 0 Å². The summed E-state index contributed by atoms with van der Waals surface area (Å²) in [7, 11) is -3.85. The van der Waals surface area contributed by atoms with Gasteiger partial charge in [0.2, 0.25) is 15.9 Å². The summed E-state index contributed by atoms with van der Waals surface area (Å²) in [6, 6.07) is 23.2. The highest BCUT2D eigenvalue weighted by Gasteiger charge is 2.36. The van der Waals surface area contributed by atoms with Crippen molar-refractivity contribution in [3.63, 3.8) is 0 Å². The van der Waals surface area contributed by atoms with Crippen molar-refractivity contribution in [1.82, 2.24) is 19.4 Å². The number of anilines is 1. The second kappa shape index (κ2) is 11.4. The standard InChI is InChI=1S/C32H31N5O4S/c1-21-7-9-23(10-8-21)11-16-29-30(22(2)36-41-29)42(39,40)37-19-17-25(18-20-37)32(38)33-26-14-12-24(13-15-26)31-34-27-5-3-4-6-28(27)35-31/h3-16,25H,17-20H2,1-2H3,(H,33,38)(H,34,35)/b16-11+. The van der Waals surface area contributed by atoms with Crippen molar-refractivity contribution in [1.29, 1.82) is 0 Å². The molecule has 2 aromatic heterocycles. The first kappa shape index (κ1) is 27.6. The highest BCUT2D eigenvalue weighted by atomic mass is 32.2. The molecule has 1 amide bonds. The number of fused-ring (bicyclic) bond motifs is 1. The quantitative estimate of drug-likeness (QED) is 0.242. The molecular weight excluding hydrogens is 550 g/mol. The number of sulfonamides is 1. The van der Waals surface area contributed by atoms with Gasteiger partial charge >= 0.3 is 0 Å². The lowest BCUT2D eigenvalue weighted by atomic mass is 9.97. The Bertz CT molecular complexity index is 1830. The Labute approximate surface area is 244 Å². The average Bonchev–Trinajstić information content (AvgIpc) is 3.61. The van der Waals surface area contributed by atoms with Gasteiger partial charge in [0, 0.05) is 30.3 Å².